The molecule has 0 aliphatic carbocycles. The van der Waals surface area contributed by atoms with Gasteiger partial charge in [-0.1, -0.05) is 29.3 Å². The Morgan fingerprint density at radius 3 is 2.52 bits per heavy atom. The van der Waals surface area contributed by atoms with Crippen molar-refractivity contribution in [1.82, 2.24) is 5.32 Å². The molecule has 2 aromatic rings. The maximum absolute atomic E-state index is 12.0. The summed E-state index contributed by atoms with van der Waals surface area (Å²) >= 11 is 11.8. The Hall–Kier alpha value is -2.50. The Balaban J connectivity index is 1.61. The van der Waals surface area contributed by atoms with Crippen LogP contribution in [0, 0.1) is 0 Å². The molecule has 0 saturated carbocycles. The Labute approximate surface area is 155 Å². The third-order valence-corrected chi connectivity index (χ3v) is 4.41. The van der Waals surface area contributed by atoms with Crippen molar-refractivity contribution in [2.75, 3.05) is 23.3 Å². The Bertz CT molecular complexity index is 835. The fraction of sp³-hybridized carbons (Fsp3) is 0.111. The lowest BCUT2D eigenvalue weighted by Crippen LogP contribution is -2.27. The summed E-state index contributed by atoms with van der Waals surface area (Å²) < 4.78 is 0. The fourth-order valence-corrected chi connectivity index (χ4v) is 2.72. The van der Waals surface area contributed by atoms with Crippen LogP contribution in [0.1, 0.15) is 5.56 Å². The summed E-state index contributed by atoms with van der Waals surface area (Å²) in [5, 5.41) is 6.41. The molecule has 2 aromatic carbocycles. The second-order valence-electron chi connectivity index (χ2n) is 5.43. The predicted molar refractivity (Wildman–Crippen MR) is 101 cm³/mol. The van der Waals surface area contributed by atoms with E-state index in [1.807, 2.05) is 0 Å². The van der Waals surface area contributed by atoms with Gasteiger partial charge in [-0.05, 0) is 48.0 Å². The number of carbonyl (C=O) groups excluding carboxylic acids is 2. The van der Waals surface area contributed by atoms with Gasteiger partial charge in [0.15, 0.2) is 0 Å². The Morgan fingerprint density at radius 2 is 1.88 bits per heavy atom. The van der Waals surface area contributed by atoms with Crippen molar-refractivity contribution < 1.29 is 9.59 Å². The van der Waals surface area contributed by atoms with E-state index in [-0.39, 0.29) is 11.9 Å². The van der Waals surface area contributed by atoms with Gasteiger partial charge in [0.2, 0.25) is 5.91 Å². The quantitative estimate of drug-likeness (QED) is 0.787. The lowest BCUT2D eigenvalue weighted by atomic mass is 10.2. The summed E-state index contributed by atoms with van der Waals surface area (Å²) in [5.74, 6) is -0.266. The van der Waals surface area contributed by atoms with Gasteiger partial charge < -0.3 is 10.6 Å². The lowest BCUT2D eigenvalue weighted by Gasteiger charge is -2.14. The van der Waals surface area contributed by atoms with Gasteiger partial charge in [-0.25, -0.2) is 4.79 Å². The molecule has 128 valence electrons. The first-order chi connectivity index (χ1) is 12.0. The van der Waals surface area contributed by atoms with Crippen molar-refractivity contribution in [2.24, 2.45) is 0 Å². The molecule has 0 unspecified atom stereocenters. The van der Waals surface area contributed by atoms with E-state index in [2.05, 4.69) is 10.6 Å². The number of hydrogen-bond donors (Lipinski definition) is 2. The van der Waals surface area contributed by atoms with Crippen molar-refractivity contribution in [2.45, 2.75) is 0 Å². The molecule has 1 fully saturated rings. The SMILES string of the molecule is O=C(/C=C/c1ccc(Cl)c(Cl)c1)Nc1ccc(N2CCNC2=O)cc1. The summed E-state index contributed by atoms with van der Waals surface area (Å²) in [5.41, 5.74) is 2.21. The minimum absolute atomic E-state index is 0.110. The molecule has 25 heavy (non-hydrogen) atoms. The first kappa shape index (κ1) is 17.3. The molecule has 0 atom stereocenters. The highest BCUT2D eigenvalue weighted by Gasteiger charge is 2.20. The van der Waals surface area contributed by atoms with Crippen LogP contribution >= 0.6 is 23.2 Å². The molecule has 0 spiro atoms. The number of rotatable bonds is 4. The summed E-state index contributed by atoms with van der Waals surface area (Å²) in [4.78, 5) is 25.3. The van der Waals surface area contributed by atoms with Crippen LogP contribution in [0.25, 0.3) is 6.08 Å². The van der Waals surface area contributed by atoms with Crippen LogP contribution in [0.3, 0.4) is 0 Å². The average molecular weight is 376 g/mol. The summed E-state index contributed by atoms with van der Waals surface area (Å²) in [6.07, 6.45) is 3.07. The Morgan fingerprint density at radius 1 is 1.12 bits per heavy atom. The van der Waals surface area contributed by atoms with E-state index in [1.165, 1.54) is 6.08 Å². The normalized spacial score (nSPS) is 14.0. The zero-order chi connectivity index (χ0) is 17.8. The van der Waals surface area contributed by atoms with Gasteiger partial charge in [0.05, 0.1) is 10.0 Å². The van der Waals surface area contributed by atoms with E-state index < -0.39 is 0 Å². The van der Waals surface area contributed by atoms with Gasteiger partial charge in [0, 0.05) is 30.5 Å². The van der Waals surface area contributed by atoms with E-state index >= 15 is 0 Å². The van der Waals surface area contributed by atoms with Gasteiger partial charge in [-0.2, -0.15) is 0 Å². The lowest BCUT2D eigenvalue weighted by molar-refractivity contribution is -0.111. The number of amides is 3. The number of benzene rings is 2. The standard InChI is InChI=1S/C18H15Cl2N3O2/c19-15-7-1-12(11-16(15)20)2-8-17(24)22-13-3-5-14(6-4-13)23-10-9-21-18(23)25/h1-8,11H,9-10H2,(H,21,25)(H,22,24)/b8-2+. The first-order valence-electron chi connectivity index (χ1n) is 7.62. The van der Waals surface area contributed by atoms with E-state index in [0.717, 1.165) is 11.3 Å². The largest absolute Gasteiger partial charge is 0.336 e. The molecule has 5 nitrogen and oxygen atoms in total. The molecule has 0 aromatic heterocycles. The molecule has 1 aliphatic heterocycles. The zero-order valence-electron chi connectivity index (χ0n) is 13.1. The summed E-state index contributed by atoms with van der Waals surface area (Å²) in [7, 11) is 0. The fourth-order valence-electron chi connectivity index (χ4n) is 2.41. The van der Waals surface area contributed by atoms with Crippen molar-refractivity contribution in [1.29, 1.82) is 0 Å². The summed E-state index contributed by atoms with van der Waals surface area (Å²) in [6.45, 7) is 1.27. The smallest absolute Gasteiger partial charge is 0.321 e. The second kappa shape index (κ2) is 7.59. The van der Waals surface area contributed by atoms with Crippen LogP contribution in [0.15, 0.2) is 48.5 Å². The van der Waals surface area contributed by atoms with Crippen molar-refractivity contribution in [3.05, 3.63) is 64.1 Å². The molecular weight excluding hydrogens is 361 g/mol. The molecule has 3 rings (SSSR count). The van der Waals surface area contributed by atoms with Gasteiger partial charge in [-0.3, -0.25) is 9.69 Å². The third kappa shape index (κ3) is 4.32. The number of urea groups is 1. The molecule has 3 amide bonds. The van der Waals surface area contributed by atoms with E-state index in [9.17, 15) is 9.59 Å². The van der Waals surface area contributed by atoms with Gasteiger partial charge in [0.25, 0.3) is 0 Å². The highest BCUT2D eigenvalue weighted by atomic mass is 35.5. The highest BCUT2D eigenvalue weighted by Crippen LogP contribution is 2.23. The van der Waals surface area contributed by atoms with Crippen molar-refractivity contribution in [3.8, 4) is 0 Å². The van der Waals surface area contributed by atoms with E-state index in [4.69, 9.17) is 23.2 Å². The number of carbonyl (C=O) groups is 2. The molecule has 0 radical (unpaired) electrons. The minimum Gasteiger partial charge on any atom is -0.336 e. The number of halogens is 2. The monoisotopic (exact) mass is 375 g/mol. The Kier molecular flexibility index (Phi) is 5.26. The molecule has 1 aliphatic rings. The molecule has 7 heteroatoms. The highest BCUT2D eigenvalue weighted by molar-refractivity contribution is 6.42. The van der Waals surface area contributed by atoms with Crippen LogP contribution in [0.4, 0.5) is 16.2 Å². The zero-order valence-corrected chi connectivity index (χ0v) is 14.6. The van der Waals surface area contributed by atoms with E-state index in [0.29, 0.717) is 28.8 Å². The van der Waals surface area contributed by atoms with Crippen molar-refractivity contribution in [3.63, 3.8) is 0 Å². The number of anilines is 2. The van der Waals surface area contributed by atoms with Crippen LogP contribution in [0.5, 0.6) is 0 Å². The van der Waals surface area contributed by atoms with Crippen LogP contribution in [-0.4, -0.2) is 25.0 Å². The van der Waals surface area contributed by atoms with Gasteiger partial charge in [0.1, 0.15) is 0 Å². The van der Waals surface area contributed by atoms with Crippen LogP contribution in [0.2, 0.25) is 10.0 Å². The maximum atomic E-state index is 12.0. The average Bonchev–Trinajstić information content (AvgIpc) is 3.03. The molecule has 0 bridgehead atoms. The van der Waals surface area contributed by atoms with Crippen LogP contribution < -0.4 is 15.5 Å². The van der Waals surface area contributed by atoms with Crippen molar-refractivity contribution >= 4 is 52.6 Å². The molecule has 2 N–H and O–H groups in total. The van der Waals surface area contributed by atoms with Gasteiger partial charge >= 0.3 is 6.03 Å². The number of nitrogens with zero attached hydrogens (tertiary/aromatic N) is 1. The van der Waals surface area contributed by atoms with Crippen LogP contribution in [-0.2, 0) is 4.79 Å². The molecule has 1 heterocycles. The van der Waals surface area contributed by atoms with E-state index in [1.54, 1.807) is 53.4 Å². The van der Waals surface area contributed by atoms with Gasteiger partial charge in [-0.15, -0.1) is 0 Å². The number of hydrogen-bond acceptors (Lipinski definition) is 2. The minimum atomic E-state index is -0.266. The topological polar surface area (TPSA) is 61.4 Å². The first-order valence-corrected chi connectivity index (χ1v) is 8.38. The predicted octanol–water partition coefficient (Wildman–Crippen LogP) is 4.17. The molecule has 1 saturated heterocycles. The maximum Gasteiger partial charge on any atom is 0.321 e. The third-order valence-electron chi connectivity index (χ3n) is 3.67. The summed E-state index contributed by atoms with van der Waals surface area (Å²) in [6, 6.07) is 12.1. The molecular formula is C18H15Cl2N3O2. The number of nitrogens with one attached hydrogen (secondary N) is 2. The second-order valence-corrected chi connectivity index (χ2v) is 6.24.